The predicted octanol–water partition coefficient (Wildman–Crippen LogP) is 2.56. The molecule has 3 heteroatoms. The van der Waals surface area contributed by atoms with Crippen LogP contribution in [0.4, 0.5) is 4.39 Å². The van der Waals surface area contributed by atoms with Gasteiger partial charge in [0.05, 0.1) is 0 Å². The van der Waals surface area contributed by atoms with Gasteiger partial charge in [-0.2, -0.15) is 0 Å². The molecule has 0 heterocycles. The molecule has 1 unspecified atom stereocenters. The second-order valence-corrected chi connectivity index (χ2v) is 3.47. The predicted molar refractivity (Wildman–Crippen MR) is 58.7 cm³/mol. The maximum Gasteiger partial charge on any atom is 0.135 e. The van der Waals surface area contributed by atoms with Crippen LogP contribution in [-0.4, -0.2) is 32.1 Å². The summed E-state index contributed by atoms with van der Waals surface area (Å²) >= 11 is 0. The average Bonchev–Trinajstić information content (AvgIpc) is 2.03. The summed E-state index contributed by atoms with van der Waals surface area (Å²) in [5.74, 6) is 0. The van der Waals surface area contributed by atoms with Crippen LogP contribution in [0.2, 0.25) is 0 Å². The van der Waals surface area contributed by atoms with Gasteiger partial charge in [-0.25, -0.2) is 4.39 Å². The first-order chi connectivity index (χ1) is 6.47. The average molecular weight is 199 g/mol. The normalized spacial score (nSPS) is 15.9. The van der Waals surface area contributed by atoms with Gasteiger partial charge in [0.25, 0.3) is 0 Å². The number of methoxy groups -OCH3 is 1. The molecule has 0 saturated carbocycles. The lowest BCUT2D eigenvalue weighted by atomic mass is 9.96. The van der Waals surface area contributed by atoms with Crippen LogP contribution in [-0.2, 0) is 4.74 Å². The minimum Gasteiger partial charge on any atom is -0.373 e. The van der Waals surface area contributed by atoms with E-state index in [0.29, 0.717) is 5.57 Å². The summed E-state index contributed by atoms with van der Waals surface area (Å²) in [6.07, 6.45) is 4.25. The molecule has 0 bridgehead atoms. The molecule has 0 spiro atoms. The molecule has 14 heavy (non-hydrogen) atoms. The molecule has 0 rings (SSSR count). The van der Waals surface area contributed by atoms with Crippen molar-refractivity contribution < 1.29 is 9.13 Å². The van der Waals surface area contributed by atoms with E-state index in [0.717, 1.165) is 0 Å². The Morgan fingerprint density at radius 3 is 2.43 bits per heavy atom. The van der Waals surface area contributed by atoms with Crippen LogP contribution < -0.4 is 0 Å². The fourth-order valence-electron chi connectivity index (χ4n) is 1.30. The smallest absolute Gasteiger partial charge is 0.135 e. The molecule has 0 fully saturated rings. The molecule has 1 atom stereocenters. The van der Waals surface area contributed by atoms with Gasteiger partial charge in [0.15, 0.2) is 0 Å². The number of nitrogens with zero attached hydrogens (tertiary/aromatic N) is 1. The summed E-state index contributed by atoms with van der Waals surface area (Å²) in [5.41, 5.74) is -0.761. The van der Waals surface area contributed by atoms with E-state index in [1.165, 1.54) is 21.0 Å². The van der Waals surface area contributed by atoms with Gasteiger partial charge < -0.3 is 4.74 Å². The fraction of sp³-hybridized carbons (Fsp3) is 0.545. The highest BCUT2D eigenvalue weighted by molar-refractivity contribution is 5.80. The molecular weight excluding hydrogens is 181 g/mol. The van der Waals surface area contributed by atoms with Gasteiger partial charge in [0, 0.05) is 25.9 Å². The first-order valence-electron chi connectivity index (χ1n) is 4.43. The molecule has 0 aliphatic heterocycles. The number of alkyl halides is 1. The van der Waals surface area contributed by atoms with Gasteiger partial charge in [-0.3, -0.25) is 4.99 Å². The third-order valence-corrected chi connectivity index (χ3v) is 1.75. The van der Waals surface area contributed by atoms with Crippen LogP contribution in [0.15, 0.2) is 29.3 Å². The van der Waals surface area contributed by atoms with Gasteiger partial charge >= 0.3 is 0 Å². The lowest BCUT2D eigenvalue weighted by Crippen LogP contribution is -2.35. The van der Waals surface area contributed by atoms with Crippen LogP contribution in [0.3, 0.4) is 0 Å². The van der Waals surface area contributed by atoms with Crippen LogP contribution in [0.5, 0.6) is 0 Å². The van der Waals surface area contributed by atoms with Crippen molar-refractivity contribution in [2.45, 2.75) is 25.6 Å². The number of hydrogen-bond acceptors (Lipinski definition) is 2. The summed E-state index contributed by atoms with van der Waals surface area (Å²) in [4.78, 5) is 3.85. The second kappa shape index (κ2) is 5.70. The van der Waals surface area contributed by atoms with Crippen molar-refractivity contribution >= 4 is 6.21 Å². The van der Waals surface area contributed by atoms with Crippen LogP contribution in [0, 0.1) is 0 Å². The maximum absolute atomic E-state index is 13.7. The Bertz CT molecular complexity index is 238. The molecular formula is C11H18FNO. The van der Waals surface area contributed by atoms with E-state index in [2.05, 4.69) is 11.6 Å². The minimum absolute atomic E-state index is 0.621. The Hall–Kier alpha value is -0.960. The van der Waals surface area contributed by atoms with E-state index >= 15 is 0 Å². The zero-order valence-electron chi connectivity index (χ0n) is 9.25. The van der Waals surface area contributed by atoms with Crippen molar-refractivity contribution in [3.05, 3.63) is 24.3 Å². The fourth-order valence-corrected chi connectivity index (χ4v) is 1.30. The second-order valence-electron chi connectivity index (χ2n) is 3.47. The lowest BCUT2D eigenvalue weighted by molar-refractivity contribution is 0.0114. The molecule has 80 valence electrons. The van der Waals surface area contributed by atoms with Crippen LogP contribution >= 0.6 is 0 Å². The van der Waals surface area contributed by atoms with Crippen molar-refractivity contribution in [3.63, 3.8) is 0 Å². The van der Waals surface area contributed by atoms with Crippen molar-refractivity contribution in [2.24, 2.45) is 4.99 Å². The Morgan fingerprint density at radius 2 is 2.14 bits per heavy atom. The van der Waals surface area contributed by atoms with Crippen molar-refractivity contribution in [1.82, 2.24) is 0 Å². The number of halogens is 1. The number of hydrogen-bond donors (Lipinski definition) is 0. The molecule has 0 saturated heterocycles. The zero-order valence-corrected chi connectivity index (χ0v) is 9.25. The first kappa shape index (κ1) is 13.0. The molecule has 0 N–H and O–H groups in total. The van der Waals surface area contributed by atoms with E-state index in [9.17, 15) is 4.39 Å². The summed E-state index contributed by atoms with van der Waals surface area (Å²) in [5, 5.41) is 0. The highest BCUT2D eigenvalue weighted by Crippen LogP contribution is 2.22. The molecule has 0 radical (unpaired) electrons. The van der Waals surface area contributed by atoms with Gasteiger partial charge in [-0.05, 0) is 13.8 Å². The van der Waals surface area contributed by atoms with E-state index in [4.69, 9.17) is 4.74 Å². The highest BCUT2D eigenvalue weighted by Gasteiger charge is 2.31. The monoisotopic (exact) mass is 199 g/mol. The van der Waals surface area contributed by atoms with Gasteiger partial charge in [0.2, 0.25) is 0 Å². The van der Waals surface area contributed by atoms with E-state index in [1.807, 2.05) is 0 Å². The molecule has 0 aromatic rings. The molecule has 0 aliphatic rings. The number of allylic oxidation sites excluding steroid dienone is 2. The zero-order chi connectivity index (χ0) is 11.2. The highest BCUT2D eigenvalue weighted by atomic mass is 19.1. The molecule has 2 nitrogen and oxygen atoms in total. The van der Waals surface area contributed by atoms with Gasteiger partial charge in [0.1, 0.15) is 11.8 Å². The molecule has 0 aromatic heterocycles. The topological polar surface area (TPSA) is 21.6 Å². The van der Waals surface area contributed by atoms with E-state index in [1.54, 1.807) is 25.4 Å². The number of rotatable bonds is 5. The van der Waals surface area contributed by atoms with Gasteiger partial charge in [-0.15, -0.1) is 0 Å². The number of aliphatic imine (C=N–C) groups is 1. The Labute approximate surface area is 85.2 Å². The van der Waals surface area contributed by atoms with Crippen molar-refractivity contribution in [1.29, 1.82) is 0 Å². The Balaban J connectivity index is 4.96. The third kappa shape index (κ3) is 3.83. The summed E-state index contributed by atoms with van der Waals surface area (Å²) in [6.45, 7) is 6.51. The van der Waals surface area contributed by atoms with Gasteiger partial charge in [-0.1, -0.05) is 18.7 Å². The van der Waals surface area contributed by atoms with E-state index < -0.39 is 11.8 Å². The molecule has 0 aromatic carbocycles. The Morgan fingerprint density at radius 1 is 1.57 bits per heavy atom. The van der Waals surface area contributed by atoms with Crippen molar-refractivity contribution in [3.8, 4) is 0 Å². The van der Waals surface area contributed by atoms with E-state index in [-0.39, 0.29) is 0 Å². The minimum atomic E-state index is -1.44. The third-order valence-electron chi connectivity index (χ3n) is 1.75. The Kier molecular flexibility index (Phi) is 5.31. The summed E-state index contributed by atoms with van der Waals surface area (Å²) < 4.78 is 18.8. The SMILES string of the molecule is C=C/C=C(\C=N/C)C(OC)C(C)(C)F. The lowest BCUT2D eigenvalue weighted by Gasteiger charge is -2.26. The molecule has 0 amide bonds. The largest absolute Gasteiger partial charge is 0.373 e. The maximum atomic E-state index is 13.7. The first-order valence-corrected chi connectivity index (χ1v) is 4.43. The van der Waals surface area contributed by atoms with Crippen LogP contribution in [0.1, 0.15) is 13.8 Å². The summed E-state index contributed by atoms with van der Waals surface area (Å²) in [7, 11) is 3.11. The standard InChI is InChI=1S/C11H18FNO/c1-6-7-9(8-13-4)10(14-5)11(2,3)12/h6-8,10H,1H2,2-5H3/b9-7+,13-8-. The summed E-state index contributed by atoms with van der Waals surface area (Å²) in [6, 6.07) is 0. The number of ether oxygens (including phenoxy) is 1. The van der Waals surface area contributed by atoms with Crippen LogP contribution in [0.25, 0.3) is 0 Å². The molecule has 0 aliphatic carbocycles. The van der Waals surface area contributed by atoms with Crippen molar-refractivity contribution in [2.75, 3.05) is 14.2 Å². The quantitative estimate of drug-likeness (QED) is 0.492.